The number of nitrogens with one attached hydrogen (secondary N) is 1. The lowest BCUT2D eigenvalue weighted by molar-refractivity contribution is 0.732. The van der Waals surface area contributed by atoms with Crippen LogP contribution in [-0.2, 0) is 13.1 Å². The summed E-state index contributed by atoms with van der Waals surface area (Å²) in [4.78, 5) is 4.28. The first-order valence-electron chi connectivity index (χ1n) is 21.5. The molecule has 7 N–H and O–H groups in total. The molecule has 2 aliphatic carbocycles. The molecule has 2 aliphatic rings. The summed E-state index contributed by atoms with van der Waals surface area (Å²) >= 11 is 0. The minimum absolute atomic E-state index is 0.339. The van der Waals surface area contributed by atoms with Crippen LogP contribution < -0.4 is 22.5 Å². The Hall–Kier alpha value is -6.95. The Labute approximate surface area is 371 Å². The van der Waals surface area contributed by atoms with Crippen LogP contribution in [-0.4, -0.2) is 5.84 Å². The molecular weight excluding hydrogens is 755 g/mol. The summed E-state index contributed by atoms with van der Waals surface area (Å²) in [7, 11) is 0. The summed E-state index contributed by atoms with van der Waals surface area (Å²) in [6.07, 6.45) is 24.2. The Morgan fingerprint density at radius 1 is 0.758 bits per heavy atom. The zero-order chi connectivity index (χ0) is 44.4. The average molecular weight is 820 g/mol. The second-order valence-electron chi connectivity index (χ2n) is 15.0. The molecule has 1 unspecified atom stereocenters. The molecule has 5 aromatic carbocycles. The van der Waals surface area contributed by atoms with Gasteiger partial charge in [0.05, 0.1) is 12.4 Å². The highest BCUT2D eigenvalue weighted by Gasteiger charge is 2.21. The first-order valence-corrected chi connectivity index (χ1v) is 21.5. The number of rotatable bonds is 12. The zero-order valence-electron chi connectivity index (χ0n) is 36.9. The van der Waals surface area contributed by atoms with Gasteiger partial charge in [0.15, 0.2) is 0 Å². The van der Waals surface area contributed by atoms with Gasteiger partial charge in [0.1, 0.15) is 0 Å². The number of benzene rings is 5. The Morgan fingerprint density at radius 2 is 1.39 bits per heavy atom. The first kappa shape index (κ1) is 47.7. The molecule has 0 fully saturated rings. The number of hydrogen-bond acceptors (Lipinski definition) is 4. The van der Waals surface area contributed by atoms with Crippen LogP contribution >= 0.6 is 0 Å². The summed E-state index contributed by atoms with van der Waals surface area (Å²) in [5.74, 6) is 1.10. The van der Waals surface area contributed by atoms with Crippen molar-refractivity contribution in [2.75, 3.05) is 5.32 Å². The van der Waals surface area contributed by atoms with E-state index in [4.69, 9.17) is 17.2 Å². The second-order valence-corrected chi connectivity index (χ2v) is 15.0. The number of anilines is 1. The molecule has 318 valence electrons. The Kier molecular flexibility index (Phi) is 20.8. The highest BCUT2D eigenvalue weighted by molar-refractivity contribution is 5.81. The van der Waals surface area contributed by atoms with Crippen LogP contribution in [0.15, 0.2) is 229 Å². The van der Waals surface area contributed by atoms with Gasteiger partial charge in [-0.3, -0.25) is 4.99 Å². The lowest BCUT2D eigenvalue weighted by atomic mass is 9.81. The van der Waals surface area contributed by atoms with E-state index < -0.39 is 0 Å². The maximum absolute atomic E-state index is 5.68. The fourth-order valence-electron chi connectivity index (χ4n) is 6.88. The standard InChI is InChI=1S/C35H34N2.C11H16N2.C7H9N.C4H6/c1-25-9-6-7-13-32(25)33-24-30(16-14-26(33)2)28-17-19-29(20-18-28)34-23-27(10-8-22-36)15-21-35(34)37-31-11-4-3-5-12-31;1-2-6-11(12)13-9-10-7-4-3-5-8-10;8-6-7-4-2-1-3-5-7;1-3-4-2/h3-19,21-22,24,29,37H,20,23,36H2,1-2H3;3-5,7-8H,2,6,9H2,1H3,(H2,12,13);1-5H,6,8H2;3-4H,1-2H2/b22-8-,27-10-;;;. The van der Waals surface area contributed by atoms with Gasteiger partial charge >= 0.3 is 0 Å². The van der Waals surface area contributed by atoms with Crippen molar-refractivity contribution in [3.05, 3.63) is 252 Å². The number of para-hydroxylation sites is 1. The lowest BCUT2D eigenvalue weighted by Crippen LogP contribution is -2.13. The van der Waals surface area contributed by atoms with Gasteiger partial charge in [-0.25, -0.2) is 0 Å². The molecule has 0 radical (unpaired) electrons. The maximum Gasteiger partial charge on any atom is 0.0941 e. The molecule has 0 spiro atoms. The third-order valence-electron chi connectivity index (χ3n) is 10.3. The third-order valence-corrected chi connectivity index (χ3v) is 10.3. The molecule has 5 nitrogen and oxygen atoms in total. The van der Waals surface area contributed by atoms with Crippen LogP contribution in [0.3, 0.4) is 0 Å². The fraction of sp³-hybridized carbons (Fsp3) is 0.175. The Morgan fingerprint density at radius 3 is 1.97 bits per heavy atom. The molecule has 0 aromatic heterocycles. The Balaban J connectivity index is 0.000000274. The zero-order valence-corrected chi connectivity index (χ0v) is 36.9. The SMILES string of the molecule is C=CC=C.CCCC(N)=NCc1ccccc1.Cc1ccccc1-c1cc(C2=CCC(C3=C(Nc4ccccc4)C=C/C(=C/C=C\N)C3)C=C2)ccc1C.NCc1ccccc1. The van der Waals surface area contributed by atoms with E-state index in [9.17, 15) is 0 Å². The van der Waals surface area contributed by atoms with Crippen molar-refractivity contribution < 1.29 is 0 Å². The Bertz CT molecular complexity index is 2350. The van der Waals surface area contributed by atoms with Crippen LogP contribution in [0, 0.1) is 19.8 Å². The average Bonchev–Trinajstić information content (AvgIpc) is 3.32. The van der Waals surface area contributed by atoms with Gasteiger partial charge in [0, 0.05) is 30.3 Å². The second kappa shape index (κ2) is 27.0. The van der Waals surface area contributed by atoms with E-state index >= 15 is 0 Å². The van der Waals surface area contributed by atoms with E-state index in [1.54, 1.807) is 18.4 Å². The highest BCUT2D eigenvalue weighted by atomic mass is 14.9. The van der Waals surface area contributed by atoms with Crippen molar-refractivity contribution >= 4 is 17.1 Å². The van der Waals surface area contributed by atoms with Crippen molar-refractivity contribution in [2.45, 2.75) is 59.5 Å². The molecule has 0 bridgehead atoms. The van der Waals surface area contributed by atoms with E-state index in [0.29, 0.717) is 19.0 Å². The quantitative estimate of drug-likeness (QED) is 0.0572. The topological polar surface area (TPSA) is 102 Å². The van der Waals surface area contributed by atoms with E-state index in [1.807, 2.05) is 60.7 Å². The van der Waals surface area contributed by atoms with Gasteiger partial charge in [-0.2, -0.15) is 0 Å². The summed E-state index contributed by atoms with van der Waals surface area (Å²) in [6.45, 7) is 14.5. The van der Waals surface area contributed by atoms with Gasteiger partial charge < -0.3 is 22.5 Å². The van der Waals surface area contributed by atoms with Crippen LogP contribution in [0.1, 0.15) is 60.4 Å². The molecule has 5 heteroatoms. The van der Waals surface area contributed by atoms with Gasteiger partial charge in [-0.1, -0.05) is 178 Å². The van der Waals surface area contributed by atoms with E-state index in [-0.39, 0.29) is 0 Å². The number of nitrogens with two attached hydrogens (primary N) is 3. The summed E-state index contributed by atoms with van der Waals surface area (Å²) in [5, 5.41) is 3.65. The van der Waals surface area contributed by atoms with Crippen LogP contribution in [0.5, 0.6) is 0 Å². The first-order chi connectivity index (χ1) is 30.3. The van der Waals surface area contributed by atoms with Gasteiger partial charge in [-0.15, -0.1) is 0 Å². The molecule has 0 amide bonds. The molecule has 0 heterocycles. The van der Waals surface area contributed by atoms with Gasteiger partial charge in [-0.05, 0) is 125 Å². The minimum Gasteiger partial charge on any atom is -0.405 e. The van der Waals surface area contributed by atoms with E-state index in [0.717, 1.165) is 37.2 Å². The molecule has 0 saturated carbocycles. The smallest absolute Gasteiger partial charge is 0.0941 e. The van der Waals surface area contributed by atoms with Crippen molar-refractivity contribution in [3.8, 4) is 11.1 Å². The van der Waals surface area contributed by atoms with Gasteiger partial charge in [0.25, 0.3) is 0 Å². The molecule has 62 heavy (non-hydrogen) atoms. The molecule has 1 atom stereocenters. The largest absolute Gasteiger partial charge is 0.405 e. The van der Waals surface area contributed by atoms with E-state index in [1.165, 1.54) is 61.4 Å². The normalized spacial score (nSPS) is 15.0. The predicted octanol–water partition coefficient (Wildman–Crippen LogP) is 13.5. The molecular formula is C57H65N5. The highest BCUT2D eigenvalue weighted by Crippen LogP contribution is 2.37. The minimum atomic E-state index is 0.339. The summed E-state index contributed by atoms with van der Waals surface area (Å²) in [6, 6.07) is 46.0. The molecule has 7 rings (SSSR count). The van der Waals surface area contributed by atoms with E-state index in [2.05, 4.69) is 160 Å². The van der Waals surface area contributed by atoms with Crippen LogP contribution in [0.2, 0.25) is 0 Å². The molecule has 5 aromatic rings. The number of hydrogen-bond donors (Lipinski definition) is 4. The fourth-order valence-corrected chi connectivity index (χ4v) is 6.88. The van der Waals surface area contributed by atoms with Crippen molar-refractivity contribution in [3.63, 3.8) is 0 Å². The molecule has 0 aliphatic heterocycles. The molecule has 0 saturated heterocycles. The number of nitrogens with zero attached hydrogens (tertiary/aromatic N) is 1. The number of amidine groups is 1. The van der Waals surface area contributed by atoms with Crippen LogP contribution in [0.25, 0.3) is 16.7 Å². The number of aryl methyl sites for hydroxylation is 2. The van der Waals surface area contributed by atoms with Crippen LogP contribution in [0.4, 0.5) is 5.69 Å². The predicted molar refractivity (Wildman–Crippen MR) is 270 cm³/mol. The summed E-state index contributed by atoms with van der Waals surface area (Å²) < 4.78 is 0. The van der Waals surface area contributed by atoms with Gasteiger partial charge in [0.2, 0.25) is 0 Å². The van der Waals surface area contributed by atoms with Crippen molar-refractivity contribution in [1.29, 1.82) is 0 Å². The third kappa shape index (κ3) is 15.9. The lowest BCUT2D eigenvalue weighted by Gasteiger charge is -2.26. The number of allylic oxidation sites excluding steroid dienone is 12. The van der Waals surface area contributed by atoms with Crippen molar-refractivity contribution in [1.82, 2.24) is 0 Å². The number of aliphatic imine (C=N–C) groups is 1. The maximum atomic E-state index is 5.68. The summed E-state index contributed by atoms with van der Waals surface area (Å²) in [5.41, 5.74) is 31.8. The van der Waals surface area contributed by atoms with Crippen molar-refractivity contribution in [2.24, 2.45) is 28.1 Å². The monoisotopic (exact) mass is 820 g/mol.